The molecule has 8 heteroatoms. The molecule has 1 aromatic carbocycles. The van der Waals surface area contributed by atoms with Gasteiger partial charge in [0.25, 0.3) is 0 Å². The lowest BCUT2D eigenvalue weighted by molar-refractivity contribution is -0.116. The van der Waals surface area contributed by atoms with Crippen molar-refractivity contribution in [3.63, 3.8) is 0 Å². The molecule has 0 heterocycles. The summed E-state index contributed by atoms with van der Waals surface area (Å²) in [5.41, 5.74) is 6.53. The van der Waals surface area contributed by atoms with E-state index in [4.69, 9.17) is 5.73 Å². The van der Waals surface area contributed by atoms with Gasteiger partial charge in [-0.2, -0.15) is 0 Å². The lowest BCUT2D eigenvalue weighted by Crippen LogP contribution is -2.19. The Kier molecular flexibility index (Phi) is 7.55. The normalized spacial score (nSPS) is 12.2. The molecule has 0 fully saturated rings. The van der Waals surface area contributed by atoms with E-state index >= 15 is 0 Å². The molecule has 0 aliphatic carbocycles. The average molecular weight is 322 g/mol. The summed E-state index contributed by atoms with van der Waals surface area (Å²) >= 11 is 0. The van der Waals surface area contributed by atoms with Crippen LogP contribution in [0.3, 0.4) is 0 Å². The maximum Gasteiger partial charge on any atom is 0.229 e. The molecule has 1 unspecified atom stereocenters. The summed E-state index contributed by atoms with van der Waals surface area (Å²) in [6.07, 6.45) is 2.01. The zero-order chi connectivity index (χ0) is 14.5. The number of nitrogens with one attached hydrogen (secondary N) is 2. The van der Waals surface area contributed by atoms with Crippen LogP contribution in [-0.4, -0.2) is 26.6 Å². The predicted molar refractivity (Wildman–Crippen MR) is 83.7 cm³/mol. The Morgan fingerprint density at radius 3 is 2.50 bits per heavy atom. The average Bonchev–Trinajstić information content (AvgIpc) is 2.24. The summed E-state index contributed by atoms with van der Waals surface area (Å²) in [7, 11) is -3.32. The first-order valence-electron chi connectivity index (χ1n) is 5.89. The maximum absolute atomic E-state index is 11.6. The van der Waals surface area contributed by atoms with Gasteiger partial charge in [-0.15, -0.1) is 12.4 Å². The summed E-state index contributed by atoms with van der Waals surface area (Å²) < 4.78 is 24.5. The van der Waals surface area contributed by atoms with E-state index in [-0.39, 0.29) is 24.4 Å². The Balaban J connectivity index is 0.00000361. The van der Waals surface area contributed by atoms with E-state index in [9.17, 15) is 13.2 Å². The van der Waals surface area contributed by atoms with Gasteiger partial charge in [0.05, 0.1) is 11.9 Å². The number of amides is 1. The summed E-state index contributed by atoms with van der Waals surface area (Å²) in [5, 5.41) is 2.69. The highest BCUT2D eigenvalue weighted by atomic mass is 35.5. The summed E-state index contributed by atoms with van der Waals surface area (Å²) in [4.78, 5) is 11.6. The van der Waals surface area contributed by atoms with Crippen LogP contribution in [0.5, 0.6) is 0 Å². The van der Waals surface area contributed by atoms with Crippen LogP contribution in [0.2, 0.25) is 0 Å². The van der Waals surface area contributed by atoms with Gasteiger partial charge in [0.15, 0.2) is 0 Å². The third-order valence-electron chi connectivity index (χ3n) is 2.28. The second kappa shape index (κ2) is 8.08. The van der Waals surface area contributed by atoms with Crippen molar-refractivity contribution in [1.82, 2.24) is 0 Å². The molecule has 6 nitrogen and oxygen atoms in total. The Labute approximate surface area is 125 Å². The summed E-state index contributed by atoms with van der Waals surface area (Å²) in [6, 6.07) is 6.50. The van der Waals surface area contributed by atoms with Crippen LogP contribution in [0, 0.1) is 0 Å². The van der Waals surface area contributed by atoms with Gasteiger partial charge in [0, 0.05) is 18.2 Å². The molecule has 1 rings (SSSR count). The highest BCUT2D eigenvalue weighted by molar-refractivity contribution is 7.92. The highest BCUT2D eigenvalue weighted by Crippen LogP contribution is 2.16. The SMILES string of the molecule is CC(N)CCC(=O)Nc1cccc(NS(C)(=O)=O)c1.Cl. The van der Waals surface area contributed by atoms with Gasteiger partial charge in [0.1, 0.15) is 0 Å². The van der Waals surface area contributed by atoms with Gasteiger partial charge in [-0.25, -0.2) is 8.42 Å². The number of sulfonamides is 1. The summed E-state index contributed by atoms with van der Waals surface area (Å²) in [5.74, 6) is -0.145. The fourth-order valence-electron chi connectivity index (χ4n) is 1.46. The van der Waals surface area contributed by atoms with Crippen molar-refractivity contribution in [2.45, 2.75) is 25.8 Å². The first-order chi connectivity index (χ1) is 8.76. The molecule has 114 valence electrons. The van der Waals surface area contributed by atoms with Crippen LogP contribution in [0.25, 0.3) is 0 Å². The number of carbonyl (C=O) groups excluding carboxylic acids is 1. The Morgan fingerprint density at radius 1 is 1.35 bits per heavy atom. The molecule has 1 atom stereocenters. The quantitative estimate of drug-likeness (QED) is 0.739. The van der Waals surface area contributed by atoms with E-state index in [0.717, 1.165) is 6.26 Å². The molecule has 4 N–H and O–H groups in total. The molecule has 1 aromatic rings. The molecule has 0 aliphatic heterocycles. The van der Waals surface area contributed by atoms with E-state index in [1.165, 1.54) is 0 Å². The largest absolute Gasteiger partial charge is 0.328 e. The number of halogens is 1. The van der Waals surface area contributed by atoms with Gasteiger partial charge in [-0.3, -0.25) is 9.52 Å². The van der Waals surface area contributed by atoms with Crippen LogP contribution in [0.15, 0.2) is 24.3 Å². The van der Waals surface area contributed by atoms with Gasteiger partial charge < -0.3 is 11.1 Å². The number of carbonyl (C=O) groups is 1. The van der Waals surface area contributed by atoms with Gasteiger partial charge in [-0.1, -0.05) is 6.07 Å². The predicted octanol–water partition coefficient (Wildman–Crippen LogP) is 1.55. The number of hydrogen-bond acceptors (Lipinski definition) is 4. The Morgan fingerprint density at radius 2 is 1.95 bits per heavy atom. The fraction of sp³-hybridized carbons (Fsp3) is 0.417. The van der Waals surface area contributed by atoms with Crippen LogP contribution >= 0.6 is 12.4 Å². The molecule has 0 aromatic heterocycles. The molecule has 0 aliphatic rings. The molecule has 20 heavy (non-hydrogen) atoms. The molecule has 1 amide bonds. The Hall–Kier alpha value is -1.31. The number of nitrogens with two attached hydrogens (primary N) is 1. The first-order valence-corrected chi connectivity index (χ1v) is 7.79. The number of benzene rings is 1. The molecule has 0 saturated carbocycles. The molecular formula is C12H20ClN3O3S. The van der Waals surface area contributed by atoms with E-state index in [1.54, 1.807) is 24.3 Å². The standard InChI is InChI=1S/C12H19N3O3S.ClH/c1-9(13)6-7-12(16)14-10-4-3-5-11(8-10)15-19(2,17)18;/h3-5,8-9,15H,6-7,13H2,1-2H3,(H,14,16);1H. The van der Waals surface area contributed by atoms with E-state index in [0.29, 0.717) is 24.2 Å². The Bertz CT molecular complexity index is 547. The topological polar surface area (TPSA) is 101 Å². The van der Waals surface area contributed by atoms with Crippen molar-refractivity contribution in [3.05, 3.63) is 24.3 Å². The van der Waals surface area contributed by atoms with Crippen LogP contribution in [0.4, 0.5) is 11.4 Å². The van der Waals surface area contributed by atoms with Crippen molar-refractivity contribution in [1.29, 1.82) is 0 Å². The molecule has 0 saturated heterocycles. The van der Waals surface area contributed by atoms with Crippen molar-refractivity contribution >= 4 is 39.7 Å². The van der Waals surface area contributed by atoms with Crippen LogP contribution in [-0.2, 0) is 14.8 Å². The van der Waals surface area contributed by atoms with Crippen LogP contribution < -0.4 is 15.8 Å². The minimum absolute atomic E-state index is 0. The first kappa shape index (κ1) is 18.7. The smallest absolute Gasteiger partial charge is 0.229 e. The maximum atomic E-state index is 11.6. The lowest BCUT2D eigenvalue weighted by Gasteiger charge is -2.09. The highest BCUT2D eigenvalue weighted by Gasteiger charge is 2.06. The third kappa shape index (κ3) is 7.98. The monoisotopic (exact) mass is 321 g/mol. The van der Waals surface area contributed by atoms with Crippen LogP contribution in [0.1, 0.15) is 19.8 Å². The minimum atomic E-state index is -3.32. The van der Waals surface area contributed by atoms with Crippen molar-refractivity contribution in [3.8, 4) is 0 Å². The molecule has 0 radical (unpaired) electrons. The number of rotatable bonds is 6. The zero-order valence-electron chi connectivity index (χ0n) is 11.4. The van der Waals surface area contributed by atoms with Gasteiger partial charge in [0.2, 0.25) is 15.9 Å². The number of anilines is 2. The van der Waals surface area contributed by atoms with Crippen molar-refractivity contribution in [2.24, 2.45) is 5.73 Å². The minimum Gasteiger partial charge on any atom is -0.328 e. The van der Waals surface area contributed by atoms with Gasteiger partial charge in [-0.05, 0) is 31.5 Å². The molecule has 0 spiro atoms. The van der Waals surface area contributed by atoms with E-state index < -0.39 is 10.0 Å². The van der Waals surface area contributed by atoms with Gasteiger partial charge >= 0.3 is 0 Å². The fourth-order valence-corrected chi connectivity index (χ4v) is 2.01. The van der Waals surface area contributed by atoms with E-state index in [1.807, 2.05) is 6.92 Å². The number of hydrogen-bond donors (Lipinski definition) is 3. The zero-order valence-corrected chi connectivity index (χ0v) is 13.1. The van der Waals surface area contributed by atoms with E-state index in [2.05, 4.69) is 10.0 Å². The molecular weight excluding hydrogens is 302 g/mol. The second-order valence-corrected chi connectivity index (χ2v) is 6.27. The van der Waals surface area contributed by atoms with Crippen molar-refractivity contribution < 1.29 is 13.2 Å². The third-order valence-corrected chi connectivity index (χ3v) is 2.88. The second-order valence-electron chi connectivity index (χ2n) is 4.52. The lowest BCUT2D eigenvalue weighted by atomic mass is 10.2. The van der Waals surface area contributed by atoms with Crippen molar-refractivity contribution in [2.75, 3.05) is 16.3 Å². The molecule has 0 bridgehead atoms. The summed E-state index contributed by atoms with van der Waals surface area (Å²) in [6.45, 7) is 1.84.